The average molecular weight is 309 g/mol. The van der Waals surface area contributed by atoms with E-state index in [1.165, 1.54) is 0 Å². The number of nitrogens with zero attached hydrogens (tertiary/aromatic N) is 5. The lowest BCUT2D eigenvalue weighted by Crippen LogP contribution is -2.58. The Morgan fingerprint density at radius 2 is 2.09 bits per heavy atom. The second-order valence-electron chi connectivity index (χ2n) is 6.12. The van der Waals surface area contributed by atoms with Gasteiger partial charge in [0.15, 0.2) is 5.58 Å². The number of rotatable bonds is 4. The number of para-hydroxylation sites is 1. The number of likely N-dealkylation sites (N-methyl/N-ethyl adjacent to an activating group) is 1. The number of aromatic nitrogens is 3. The zero-order chi connectivity index (χ0) is 15.8. The maximum atomic E-state index is 5.38. The lowest BCUT2D eigenvalue weighted by Gasteiger charge is -2.44. The van der Waals surface area contributed by atoms with E-state index < -0.39 is 0 Å². The Morgan fingerprint density at radius 1 is 1.26 bits per heavy atom. The minimum Gasteiger partial charge on any atom is -0.356 e. The van der Waals surface area contributed by atoms with Crippen LogP contribution in [0.5, 0.6) is 0 Å². The summed E-state index contributed by atoms with van der Waals surface area (Å²) in [5.74, 6) is 1.01. The van der Waals surface area contributed by atoms with Crippen molar-refractivity contribution in [1.82, 2.24) is 20.0 Å². The fourth-order valence-electron chi connectivity index (χ4n) is 2.95. The largest absolute Gasteiger partial charge is 0.356 e. The molecule has 0 N–H and O–H groups in total. The summed E-state index contributed by atoms with van der Waals surface area (Å²) in [6.45, 7) is 4.73. The molecular formula is C17H19N5O. The van der Waals surface area contributed by atoms with Gasteiger partial charge in [-0.05, 0) is 26.1 Å². The Morgan fingerprint density at radius 3 is 2.91 bits per heavy atom. The SMILES string of the molecule is Cc1cc(N2CC(N(C)Cc3noc4ccccc34)C2)ncn1. The first-order valence-corrected chi connectivity index (χ1v) is 7.78. The highest BCUT2D eigenvalue weighted by Crippen LogP contribution is 2.24. The van der Waals surface area contributed by atoms with Gasteiger partial charge in [0, 0.05) is 42.8 Å². The van der Waals surface area contributed by atoms with Gasteiger partial charge in [-0.2, -0.15) is 0 Å². The zero-order valence-corrected chi connectivity index (χ0v) is 13.3. The smallest absolute Gasteiger partial charge is 0.167 e. The number of hydrogen-bond donors (Lipinski definition) is 0. The Bertz CT molecular complexity index is 824. The van der Waals surface area contributed by atoms with Gasteiger partial charge in [0.2, 0.25) is 0 Å². The van der Waals surface area contributed by atoms with E-state index in [9.17, 15) is 0 Å². The summed E-state index contributed by atoms with van der Waals surface area (Å²) >= 11 is 0. The fraction of sp³-hybridized carbons (Fsp3) is 0.353. The lowest BCUT2D eigenvalue weighted by molar-refractivity contribution is 0.192. The minimum absolute atomic E-state index is 0.501. The highest BCUT2D eigenvalue weighted by Gasteiger charge is 2.31. The number of hydrogen-bond acceptors (Lipinski definition) is 6. The van der Waals surface area contributed by atoms with Gasteiger partial charge in [-0.25, -0.2) is 9.97 Å². The van der Waals surface area contributed by atoms with Crippen molar-refractivity contribution in [3.8, 4) is 0 Å². The maximum absolute atomic E-state index is 5.38. The fourth-order valence-corrected chi connectivity index (χ4v) is 2.95. The molecule has 0 amide bonds. The minimum atomic E-state index is 0.501. The van der Waals surface area contributed by atoms with E-state index in [4.69, 9.17) is 4.52 Å². The van der Waals surface area contributed by atoms with Gasteiger partial charge in [0.1, 0.15) is 17.8 Å². The van der Waals surface area contributed by atoms with Gasteiger partial charge < -0.3 is 9.42 Å². The summed E-state index contributed by atoms with van der Waals surface area (Å²) in [6, 6.07) is 10.5. The van der Waals surface area contributed by atoms with Crippen LogP contribution in [0.25, 0.3) is 11.0 Å². The Kier molecular flexibility index (Phi) is 3.46. The van der Waals surface area contributed by atoms with Gasteiger partial charge >= 0.3 is 0 Å². The molecule has 1 aromatic carbocycles. The van der Waals surface area contributed by atoms with E-state index in [0.717, 1.165) is 47.8 Å². The third-order valence-electron chi connectivity index (χ3n) is 4.45. The van der Waals surface area contributed by atoms with E-state index in [-0.39, 0.29) is 0 Å². The van der Waals surface area contributed by atoms with Crippen molar-refractivity contribution in [2.24, 2.45) is 0 Å². The first-order chi connectivity index (χ1) is 11.2. The predicted octanol–water partition coefficient (Wildman–Crippen LogP) is 2.25. The van der Waals surface area contributed by atoms with Crippen LogP contribution in [0, 0.1) is 6.92 Å². The Hall–Kier alpha value is -2.47. The lowest BCUT2D eigenvalue weighted by atomic mass is 10.1. The molecule has 1 saturated heterocycles. The summed E-state index contributed by atoms with van der Waals surface area (Å²) < 4.78 is 5.38. The number of fused-ring (bicyclic) bond motifs is 1. The third-order valence-corrected chi connectivity index (χ3v) is 4.45. The predicted molar refractivity (Wildman–Crippen MR) is 88.2 cm³/mol. The van der Waals surface area contributed by atoms with Crippen LogP contribution in [0.4, 0.5) is 5.82 Å². The summed E-state index contributed by atoms with van der Waals surface area (Å²) in [7, 11) is 2.14. The van der Waals surface area contributed by atoms with Crippen molar-refractivity contribution in [1.29, 1.82) is 0 Å². The molecule has 23 heavy (non-hydrogen) atoms. The molecule has 0 saturated carbocycles. The van der Waals surface area contributed by atoms with Gasteiger partial charge in [-0.1, -0.05) is 17.3 Å². The first kappa shape index (κ1) is 14.1. The number of benzene rings is 1. The molecule has 0 aliphatic carbocycles. The maximum Gasteiger partial charge on any atom is 0.167 e. The molecule has 6 nitrogen and oxygen atoms in total. The van der Waals surface area contributed by atoms with Gasteiger partial charge in [0.05, 0.1) is 0 Å². The molecule has 0 atom stereocenters. The Balaban J connectivity index is 1.40. The topological polar surface area (TPSA) is 58.3 Å². The van der Waals surface area contributed by atoms with Crippen LogP contribution in [0.2, 0.25) is 0 Å². The van der Waals surface area contributed by atoms with Crippen LogP contribution in [-0.4, -0.2) is 46.2 Å². The quantitative estimate of drug-likeness (QED) is 0.737. The molecule has 4 rings (SSSR count). The van der Waals surface area contributed by atoms with Gasteiger partial charge in [-0.3, -0.25) is 4.90 Å². The van der Waals surface area contributed by atoms with Crippen molar-refractivity contribution < 1.29 is 4.52 Å². The molecule has 0 spiro atoms. The van der Waals surface area contributed by atoms with E-state index >= 15 is 0 Å². The molecule has 1 fully saturated rings. The van der Waals surface area contributed by atoms with Crippen LogP contribution < -0.4 is 4.90 Å². The molecule has 118 valence electrons. The van der Waals surface area contributed by atoms with Crippen molar-refractivity contribution in [2.45, 2.75) is 19.5 Å². The first-order valence-electron chi connectivity index (χ1n) is 7.78. The molecule has 3 aromatic rings. The highest BCUT2D eigenvalue weighted by atomic mass is 16.5. The average Bonchev–Trinajstić information content (AvgIpc) is 2.89. The van der Waals surface area contributed by atoms with Crippen LogP contribution in [-0.2, 0) is 6.54 Å². The summed E-state index contributed by atoms with van der Waals surface area (Å²) in [4.78, 5) is 13.1. The molecule has 1 aliphatic heterocycles. The molecule has 1 aliphatic rings. The second kappa shape index (κ2) is 5.62. The van der Waals surface area contributed by atoms with E-state index in [1.54, 1.807) is 6.33 Å². The molecule has 0 bridgehead atoms. The van der Waals surface area contributed by atoms with Crippen LogP contribution in [0.1, 0.15) is 11.4 Å². The number of anilines is 1. The van der Waals surface area contributed by atoms with Crippen molar-refractivity contribution in [2.75, 3.05) is 25.0 Å². The van der Waals surface area contributed by atoms with E-state index in [1.807, 2.05) is 31.2 Å². The molecule has 0 unspecified atom stereocenters. The highest BCUT2D eigenvalue weighted by molar-refractivity contribution is 5.79. The van der Waals surface area contributed by atoms with Crippen LogP contribution in [0.15, 0.2) is 41.2 Å². The third kappa shape index (κ3) is 2.66. The Labute approximate surface area is 134 Å². The molecule has 6 heteroatoms. The van der Waals surface area contributed by atoms with Gasteiger partial charge in [-0.15, -0.1) is 0 Å². The summed E-state index contributed by atoms with van der Waals surface area (Å²) in [5, 5.41) is 5.31. The van der Waals surface area contributed by atoms with E-state index in [2.05, 4.69) is 38.0 Å². The van der Waals surface area contributed by atoms with Crippen LogP contribution in [0.3, 0.4) is 0 Å². The molecule has 3 heterocycles. The summed E-state index contributed by atoms with van der Waals surface area (Å²) in [6.07, 6.45) is 1.63. The number of aryl methyl sites for hydroxylation is 1. The summed E-state index contributed by atoms with van der Waals surface area (Å²) in [5.41, 5.74) is 2.85. The van der Waals surface area contributed by atoms with Crippen molar-refractivity contribution in [3.05, 3.63) is 48.0 Å². The second-order valence-corrected chi connectivity index (χ2v) is 6.12. The molecular weight excluding hydrogens is 290 g/mol. The zero-order valence-electron chi connectivity index (χ0n) is 13.3. The van der Waals surface area contributed by atoms with E-state index in [0.29, 0.717) is 6.04 Å². The van der Waals surface area contributed by atoms with Crippen LogP contribution >= 0.6 is 0 Å². The van der Waals surface area contributed by atoms with Crippen molar-refractivity contribution in [3.63, 3.8) is 0 Å². The van der Waals surface area contributed by atoms with Gasteiger partial charge in [0.25, 0.3) is 0 Å². The molecule has 2 aromatic heterocycles. The monoisotopic (exact) mass is 309 g/mol. The standard InChI is InChI=1S/C17H19N5O/c1-12-7-17(19-11-18-12)22-8-13(9-22)21(2)10-15-14-5-3-4-6-16(14)23-20-15/h3-7,11,13H,8-10H2,1-2H3. The van der Waals surface area contributed by atoms with Crippen molar-refractivity contribution >= 4 is 16.8 Å². The normalized spacial score (nSPS) is 15.3. The molecule has 0 radical (unpaired) electrons.